The van der Waals surface area contributed by atoms with Gasteiger partial charge in [-0.3, -0.25) is 9.80 Å². The molecule has 7 rings (SSSR count). The lowest BCUT2D eigenvalue weighted by atomic mass is 10.0. The predicted molar refractivity (Wildman–Crippen MR) is 162 cm³/mol. The van der Waals surface area contributed by atoms with Crippen LogP contribution in [0, 0.1) is 0 Å². The normalized spacial score (nSPS) is 16.0. The van der Waals surface area contributed by atoms with E-state index in [1.165, 1.54) is 20.9 Å². The molecule has 1 aliphatic heterocycles. The van der Waals surface area contributed by atoms with E-state index in [1.807, 2.05) is 9.36 Å². The summed E-state index contributed by atoms with van der Waals surface area (Å²) in [5, 5.41) is 30.3. The Bertz CT molecular complexity index is 1530. The van der Waals surface area contributed by atoms with Crippen molar-refractivity contribution in [3.8, 4) is 0 Å². The van der Waals surface area contributed by atoms with Gasteiger partial charge in [-0.2, -0.15) is 0 Å². The van der Waals surface area contributed by atoms with Crippen molar-refractivity contribution in [2.24, 2.45) is 0 Å². The third kappa shape index (κ3) is 5.66. The van der Waals surface area contributed by atoms with Gasteiger partial charge >= 0.3 is 0 Å². The van der Waals surface area contributed by atoms with Crippen LogP contribution >= 0.6 is 22.7 Å². The van der Waals surface area contributed by atoms with Crippen LogP contribution in [0.4, 0.5) is 0 Å². The number of hydrogen-bond donors (Lipinski definition) is 0. The van der Waals surface area contributed by atoms with Crippen molar-refractivity contribution >= 4 is 22.7 Å². The highest BCUT2D eigenvalue weighted by Crippen LogP contribution is 2.33. The minimum atomic E-state index is -0.0531. The Morgan fingerprint density at radius 1 is 0.548 bits per heavy atom. The summed E-state index contributed by atoms with van der Waals surface area (Å²) >= 11 is 3.44. The van der Waals surface area contributed by atoms with Gasteiger partial charge in [0, 0.05) is 35.9 Å². The first kappa shape index (κ1) is 26.8. The molecule has 4 aromatic heterocycles. The summed E-state index contributed by atoms with van der Waals surface area (Å²) in [5.74, 6) is 1.73. The van der Waals surface area contributed by atoms with E-state index in [1.54, 1.807) is 22.7 Å². The third-order valence-electron chi connectivity index (χ3n) is 7.69. The second-order valence-electron chi connectivity index (χ2n) is 10.2. The molecule has 1 saturated heterocycles. The molecule has 10 nitrogen and oxygen atoms in total. The Labute approximate surface area is 251 Å². The minimum Gasteiger partial charge on any atom is -0.287 e. The maximum Gasteiger partial charge on any atom is 0.173 e. The molecule has 12 heteroatoms. The van der Waals surface area contributed by atoms with Crippen molar-refractivity contribution in [1.82, 2.24) is 50.2 Å². The largest absolute Gasteiger partial charge is 0.287 e. The van der Waals surface area contributed by atoms with Crippen LogP contribution in [0.3, 0.4) is 0 Å². The Kier molecular flexibility index (Phi) is 7.91. The summed E-state index contributed by atoms with van der Waals surface area (Å²) in [6.45, 7) is 4.71. The Balaban J connectivity index is 1.17. The van der Waals surface area contributed by atoms with E-state index in [0.717, 1.165) is 37.8 Å². The average Bonchev–Trinajstić information content (AvgIpc) is 3.87. The van der Waals surface area contributed by atoms with E-state index < -0.39 is 0 Å². The number of benzene rings is 2. The zero-order valence-corrected chi connectivity index (χ0v) is 24.6. The zero-order valence-electron chi connectivity index (χ0n) is 22.9. The summed E-state index contributed by atoms with van der Waals surface area (Å²) in [6.07, 6.45) is 0. The Hall–Kier alpha value is -4.10. The first-order valence-corrected chi connectivity index (χ1v) is 15.7. The first-order valence-electron chi connectivity index (χ1n) is 14.0. The van der Waals surface area contributed by atoms with Gasteiger partial charge in [-0.15, -0.1) is 32.9 Å². The van der Waals surface area contributed by atoms with Crippen LogP contribution in [-0.2, 0) is 13.1 Å². The monoisotopic (exact) mass is 594 g/mol. The number of piperazine rings is 1. The van der Waals surface area contributed by atoms with Gasteiger partial charge in [0.25, 0.3) is 0 Å². The highest BCUT2D eigenvalue weighted by Gasteiger charge is 2.35. The first-order chi connectivity index (χ1) is 20.8. The molecule has 212 valence electrons. The topological polar surface area (TPSA) is 93.7 Å². The molecule has 2 aromatic carbocycles. The second kappa shape index (κ2) is 12.4. The van der Waals surface area contributed by atoms with Crippen LogP contribution in [0.1, 0.15) is 44.6 Å². The van der Waals surface area contributed by atoms with E-state index in [4.69, 9.17) is 0 Å². The SMILES string of the molecule is c1ccc([C@@H](c2nnnn2Cc2cccs2)N2CCN([C@@H](c3ccccc3)c3nnnn3Cc3cccs3)CC2)cc1. The third-order valence-corrected chi connectivity index (χ3v) is 9.41. The lowest BCUT2D eigenvalue weighted by molar-refractivity contribution is 0.0826. The molecule has 0 unspecified atom stereocenters. The van der Waals surface area contributed by atoms with Crippen LogP contribution in [0.5, 0.6) is 0 Å². The molecular formula is C30H30N10S2. The van der Waals surface area contributed by atoms with Gasteiger partial charge in [-0.05, 0) is 54.9 Å². The van der Waals surface area contributed by atoms with Crippen LogP contribution in [0.15, 0.2) is 95.7 Å². The summed E-state index contributed by atoms with van der Waals surface area (Å²) < 4.78 is 3.89. The number of aromatic nitrogens is 8. The molecule has 42 heavy (non-hydrogen) atoms. The van der Waals surface area contributed by atoms with Crippen molar-refractivity contribution in [1.29, 1.82) is 0 Å². The zero-order chi connectivity index (χ0) is 28.1. The van der Waals surface area contributed by atoms with Crippen molar-refractivity contribution < 1.29 is 0 Å². The smallest absolute Gasteiger partial charge is 0.173 e. The lowest BCUT2D eigenvalue weighted by Gasteiger charge is -2.41. The minimum absolute atomic E-state index is 0.0531. The van der Waals surface area contributed by atoms with Gasteiger partial charge in [0.1, 0.15) is 0 Å². The van der Waals surface area contributed by atoms with Crippen molar-refractivity contribution in [3.63, 3.8) is 0 Å². The van der Waals surface area contributed by atoms with E-state index in [9.17, 15) is 0 Å². The average molecular weight is 595 g/mol. The second-order valence-corrected chi connectivity index (χ2v) is 12.3. The van der Waals surface area contributed by atoms with Crippen molar-refractivity contribution in [2.75, 3.05) is 26.2 Å². The van der Waals surface area contributed by atoms with Gasteiger partial charge in [0.15, 0.2) is 11.6 Å². The lowest BCUT2D eigenvalue weighted by Crippen LogP contribution is -2.50. The molecule has 0 radical (unpaired) electrons. The number of hydrogen-bond acceptors (Lipinski definition) is 10. The van der Waals surface area contributed by atoms with Gasteiger partial charge in [-0.25, -0.2) is 9.36 Å². The van der Waals surface area contributed by atoms with Gasteiger partial charge in [-0.1, -0.05) is 72.8 Å². The van der Waals surface area contributed by atoms with Gasteiger partial charge in [0.05, 0.1) is 25.2 Å². The molecular weight excluding hydrogens is 565 g/mol. The number of rotatable bonds is 10. The maximum atomic E-state index is 4.56. The van der Waals surface area contributed by atoms with Crippen LogP contribution in [0.25, 0.3) is 0 Å². The number of thiophene rings is 2. The summed E-state index contributed by atoms with van der Waals surface area (Å²) in [6, 6.07) is 29.4. The predicted octanol–water partition coefficient (Wildman–Crippen LogP) is 4.38. The van der Waals surface area contributed by atoms with E-state index in [2.05, 4.69) is 137 Å². The molecule has 1 fully saturated rings. The summed E-state index contributed by atoms with van der Waals surface area (Å²) in [7, 11) is 0. The maximum absolute atomic E-state index is 4.56. The van der Waals surface area contributed by atoms with E-state index in [-0.39, 0.29) is 12.1 Å². The van der Waals surface area contributed by atoms with Crippen molar-refractivity contribution in [2.45, 2.75) is 25.2 Å². The molecule has 0 aliphatic carbocycles. The highest BCUT2D eigenvalue weighted by atomic mass is 32.1. The summed E-state index contributed by atoms with van der Waals surface area (Å²) in [4.78, 5) is 7.45. The van der Waals surface area contributed by atoms with Crippen LogP contribution in [0.2, 0.25) is 0 Å². The molecule has 6 aromatic rings. The van der Waals surface area contributed by atoms with Crippen molar-refractivity contribution in [3.05, 3.63) is 128 Å². The fourth-order valence-corrected chi connectivity index (χ4v) is 7.08. The highest BCUT2D eigenvalue weighted by molar-refractivity contribution is 7.10. The summed E-state index contributed by atoms with van der Waals surface area (Å²) in [5.41, 5.74) is 2.38. The molecule has 0 saturated carbocycles. The van der Waals surface area contributed by atoms with Gasteiger partial charge < -0.3 is 0 Å². The standard InChI is InChI=1S/C30H30N10S2/c1-3-9-23(10-4-1)27(29-31-33-35-39(29)21-25-13-7-19-41-25)37-15-17-38(18-16-37)28(24-11-5-2-6-12-24)30-32-34-36-40(30)22-26-14-8-20-42-26/h1-14,19-20,27-28H,15-18,21-22H2/t27-,28-/m0/s1. The fourth-order valence-electron chi connectivity index (χ4n) is 5.71. The van der Waals surface area contributed by atoms with E-state index >= 15 is 0 Å². The number of nitrogens with zero attached hydrogens (tertiary/aromatic N) is 10. The molecule has 2 atom stereocenters. The molecule has 0 bridgehead atoms. The number of tetrazole rings is 2. The van der Waals surface area contributed by atoms with E-state index in [0.29, 0.717) is 13.1 Å². The van der Waals surface area contributed by atoms with Crippen LogP contribution in [-0.4, -0.2) is 76.4 Å². The Morgan fingerprint density at radius 3 is 1.36 bits per heavy atom. The fraction of sp³-hybridized carbons (Fsp3) is 0.267. The quantitative estimate of drug-likeness (QED) is 0.231. The molecule has 0 N–H and O–H groups in total. The molecule has 5 heterocycles. The Morgan fingerprint density at radius 2 is 0.976 bits per heavy atom. The molecule has 0 spiro atoms. The van der Waals surface area contributed by atoms with Crippen LogP contribution < -0.4 is 0 Å². The molecule has 0 amide bonds. The molecule has 1 aliphatic rings. The van der Waals surface area contributed by atoms with Gasteiger partial charge in [0.2, 0.25) is 0 Å².